The van der Waals surface area contributed by atoms with Gasteiger partial charge in [-0.3, -0.25) is 0 Å². The van der Waals surface area contributed by atoms with E-state index in [0.717, 1.165) is 42.5 Å². The number of thiazole rings is 1. The summed E-state index contributed by atoms with van der Waals surface area (Å²) >= 11 is 0.465. The molecule has 0 amide bonds. The standard InChI is InChI=1S/C19H27N5O2S2/c1-18(2,3)28(25)24-19(5-4-6-19)15-11-23-17(27-15)26-14-7-12(8-14)13-9-21-16(20)22-10-13/h9-12,14,24H,4-8H2,1-3H3,(H2,20,21,22). The number of hydrogen-bond acceptors (Lipinski definition) is 8. The molecule has 0 bridgehead atoms. The zero-order valence-corrected chi connectivity index (χ0v) is 18.1. The van der Waals surface area contributed by atoms with Crippen molar-refractivity contribution in [2.75, 3.05) is 5.73 Å². The van der Waals surface area contributed by atoms with Crippen LogP contribution in [0.3, 0.4) is 0 Å². The van der Waals surface area contributed by atoms with Gasteiger partial charge in [0, 0.05) is 30.0 Å². The highest BCUT2D eigenvalue weighted by molar-refractivity contribution is 7.90. The minimum atomic E-state index is -1.11. The van der Waals surface area contributed by atoms with Crippen molar-refractivity contribution in [3.05, 3.63) is 29.0 Å². The van der Waals surface area contributed by atoms with Crippen LogP contribution in [0.1, 0.15) is 69.2 Å². The first-order valence-corrected chi connectivity index (χ1v) is 11.6. The van der Waals surface area contributed by atoms with Crippen LogP contribution in [0, 0.1) is 0 Å². The summed E-state index contributed by atoms with van der Waals surface area (Å²) in [4.78, 5) is 13.7. The first-order chi connectivity index (χ1) is 13.2. The Morgan fingerprint density at radius 2 is 1.89 bits per heavy atom. The highest BCUT2D eigenvalue weighted by atomic mass is 32.2. The second-order valence-electron chi connectivity index (χ2n) is 8.69. The molecule has 2 heterocycles. The lowest BCUT2D eigenvalue weighted by atomic mass is 9.77. The van der Waals surface area contributed by atoms with E-state index in [9.17, 15) is 4.55 Å². The molecule has 2 saturated carbocycles. The van der Waals surface area contributed by atoms with Crippen molar-refractivity contribution in [1.29, 1.82) is 0 Å². The van der Waals surface area contributed by atoms with E-state index in [2.05, 4.69) is 19.7 Å². The van der Waals surface area contributed by atoms with Gasteiger partial charge in [-0.2, -0.15) is 0 Å². The first kappa shape index (κ1) is 19.9. The molecule has 0 saturated heterocycles. The molecule has 2 aliphatic carbocycles. The van der Waals surface area contributed by atoms with Crippen molar-refractivity contribution >= 4 is 28.6 Å². The third-order valence-corrected chi connectivity index (χ3v) is 8.31. The molecule has 0 radical (unpaired) electrons. The second kappa shape index (κ2) is 7.44. The number of ether oxygens (including phenoxy) is 1. The first-order valence-electron chi connectivity index (χ1n) is 9.65. The maximum Gasteiger partial charge on any atom is 0.273 e. The second-order valence-corrected chi connectivity index (χ2v) is 11.7. The van der Waals surface area contributed by atoms with Crippen molar-refractivity contribution in [3.8, 4) is 5.19 Å². The number of nitrogen functional groups attached to an aromatic ring is 1. The molecule has 1 unspecified atom stereocenters. The minimum absolute atomic E-state index is 0.163. The van der Waals surface area contributed by atoms with Gasteiger partial charge in [0.25, 0.3) is 5.19 Å². The molecular weight excluding hydrogens is 394 g/mol. The molecule has 0 aromatic carbocycles. The Morgan fingerprint density at radius 3 is 2.46 bits per heavy atom. The zero-order chi connectivity index (χ0) is 19.9. The summed E-state index contributed by atoms with van der Waals surface area (Å²) in [7, 11) is 0. The molecule has 0 spiro atoms. The predicted molar refractivity (Wildman–Crippen MR) is 112 cm³/mol. The predicted octanol–water partition coefficient (Wildman–Crippen LogP) is 3.27. The van der Waals surface area contributed by atoms with Crippen LogP contribution in [-0.2, 0) is 16.9 Å². The summed E-state index contributed by atoms with van der Waals surface area (Å²) in [6.07, 6.45) is 10.6. The lowest BCUT2D eigenvalue weighted by Gasteiger charge is -2.42. The Kier molecular flexibility index (Phi) is 5.28. The molecule has 2 aromatic heterocycles. The van der Waals surface area contributed by atoms with E-state index < -0.39 is 11.4 Å². The third kappa shape index (κ3) is 3.98. The van der Waals surface area contributed by atoms with Crippen molar-refractivity contribution in [2.24, 2.45) is 0 Å². The Bertz CT molecular complexity index is 810. The maximum atomic E-state index is 12.6. The van der Waals surface area contributed by atoms with Crippen molar-refractivity contribution in [1.82, 2.24) is 19.7 Å². The fourth-order valence-electron chi connectivity index (χ4n) is 3.43. The lowest BCUT2D eigenvalue weighted by Crippen LogP contribution is -2.54. The van der Waals surface area contributed by atoms with Crippen LogP contribution in [0.5, 0.6) is 5.19 Å². The van der Waals surface area contributed by atoms with E-state index in [4.69, 9.17) is 10.5 Å². The SMILES string of the molecule is CC(C)(C)[S+]([O-])NC1(c2cnc(OC3CC(c4cnc(N)nc4)C3)s2)CCC1. The van der Waals surface area contributed by atoms with E-state index in [1.54, 1.807) is 23.7 Å². The van der Waals surface area contributed by atoms with Gasteiger partial charge >= 0.3 is 0 Å². The molecule has 152 valence electrons. The van der Waals surface area contributed by atoms with E-state index >= 15 is 0 Å². The third-order valence-electron chi connectivity index (χ3n) is 5.53. The molecule has 2 fully saturated rings. The highest BCUT2D eigenvalue weighted by Crippen LogP contribution is 2.47. The smallest absolute Gasteiger partial charge is 0.273 e. The van der Waals surface area contributed by atoms with Gasteiger partial charge < -0.3 is 15.0 Å². The van der Waals surface area contributed by atoms with Crippen molar-refractivity contribution < 1.29 is 9.29 Å². The highest BCUT2D eigenvalue weighted by Gasteiger charge is 2.46. The van der Waals surface area contributed by atoms with Crippen LogP contribution in [0.25, 0.3) is 0 Å². The van der Waals surface area contributed by atoms with Crippen LogP contribution in [0.2, 0.25) is 0 Å². The van der Waals surface area contributed by atoms with Gasteiger partial charge in [-0.25, -0.2) is 15.0 Å². The van der Waals surface area contributed by atoms with Crippen LogP contribution in [-0.4, -0.2) is 30.4 Å². The number of anilines is 1. The molecule has 7 nitrogen and oxygen atoms in total. The van der Waals surface area contributed by atoms with E-state index in [-0.39, 0.29) is 16.4 Å². The van der Waals surface area contributed by atoms with Gasteiger partial charge in [-0.1, -0.05) is 11.3 Å². The van der Waals surface area contributed by atoms with Crippen LogP contribution in [0.15, 0.2) is 18.6 Å². The van der Waals surface area contributed by atoms with Gasteiger partial charge in [-0.05, 0) is 64.4 Å². The Labute approximate surface area is 172 Å². The molecule has 0 aliphatic heterocycles. The Hall–Kier alpha value is -1.42. The maximum absolute atomic E-state index is 12.6. The van der Waals surface area contributed by atoms with E-state index in [1.807, 2.05) is 27.0 Å². The number of hydrogen-bond donors (Lipinski definition) is 2. The summed E-state index contributed by atoms with van der Waals surface area (Å²) in [5, 5.41) is 0.696. The summed E-state index contributed by atoms with van der Waals surface area (Å²) < 4.78 is 21.8. The molecule has 2 aliphatic rings. The molecule has 28 heavy (non-hydrogen) atoms. The van der Waals surface area contributed by atoms with Gasteiger partial charge in [0.15, 0.2) is 0 Å². The van der Waals surface area contributed by atoms with Crippen molar-refractivity contribution in [2.45, 2.75) is 75.2 Å². The molecule has 4 rings (SSSR count). The minimum Gasteiger partial charge on any atom is -0.598 e. The quantitative estimate of drug-likeness (QED) is 0.689. The molecule has 2 aromatic rings. The number of rotatable bonds is 6. The number of nitrogens with two attached hydrogens (primary N) is 1. The fourth-order valence-corrected chi connectivity index (χ4v) is 5.50. The summed E-state index contributed by atoms with van der Waals surface area (Å²) in [5.74, 6) is 0.719. The van der Waals surface area contributed by atoms with Gasteiger partial charge in [0.2, 0.25) is 5.95 Å². The van der Waals surface area contributed by atoms with Gasteiger partial charge in [0.1, 0.15) is 10.9 Å². The fraction of sp³-hybridized carbons (Fsp3) is 0.632. The van der Waals surface area contributed by atoms with E-state index in [1.165, 1.54) is 0 Å². The summed E-state index contributed by atoms with van der Waals surface area (Å²) in [6.45, 7) is 5.97. The van der Waals surface area contributed by atoms with Crippen molar-refractivity contribution in [3.63, 3.8) is 0 Å². The van der Waals surface area contributed by atoms with Gasteiger partial charge in [0.05, 0.1) is 10.4 Å². The Balaban J connectivity index is 1.35. The number of nitrogens with zero attached hydrogens (tertiary/aromatic N) is 3. The monoisotopic (exact) mass is 421 g/mol. The van der Waals surface area contributed by atoms with Crippen LogP contribution in [0.4, 0.5) is 5.95 Å². The summed E-state index contributed by atoms with van der Waals surface area (Å²) in [6, 6.07) is 0. The van der Waals surface area contributed by atoms with Gasteiger partial charge in [-0.15, -0.1) is 4.72 Å². The molecular formula is C19H27N5O2S2. The summed E-state index contributed by atoms with van der Waals surface area (Å²) in [5.41, 5.74) is 6.43. The molecule has 1 atom stereocenters. The normalized spacial score (nSPS) is 24.9. The Morgan fingerprint density at radius 1 is 1.21 bits per heavy atom. The number of aromatic nitrogens is 3. The average Bonchev–Trinajstić information content (AvgIpc) is 3.03. The largest absolute Gasteiger partial charge is 0.598 e. The topological polar surface area (TPSA) is 109 Å². The van der Waals surface area contributed by atoms with E-state index in [0.29, 0.717) is 17.1 Å². The van der Waals surface area contributed by atoms with Crippen LogP contribution >= 0.6 is 11.3 Å². The zero-order valence-electron chi connectivity index (χ0n) is 16.5. The average molecular weight is 422 g/mol. The van der Waals surface area contributed by atoms with Crippen LogP contribution < -0.4 is 15.2 Å². The number of nitrogens with one attached hydrogen (secondary N) is 1. The molecule has 9 heteroatoms. The lowest BCUT2D eigenvalue weighted by molar-refractivity contribution is 0.0979. The molecule has 3 N–H and O–H groups in total.